The minimum absolute atomic E-state index is 0.292. The maximum atomic E-state index is 8.67. The van der Waals surface area contributed by atoms with E-state index < -0.39 is 0 Å². The minimum atomic E-state index is 0.292. The number of unbranched alkanes of at least 4 members (excludes halogenated alkanes) is 1. The quantitative estimate of drug-likeness (QED) is 0.555. The molecule has 0 aromatic rings. The van der Waals surface area contributed by atoms with Crippen molar-refractivity contribution in [2.75, 3.05) is 19.8 Å². The molecule has 16 heavy (non-hydrogen) atoms. The number of rotatable bonds is 6. The summed E-state index contributed by atoms with van der Waals surface area (Å²) in [5.41, 5.74) is 1.68. The molecule has 0 aromatic heterocycles. The second-order valence-electron chi connectivity index (χ2n) is 5.28. The number of ether oxygens (including phenoxy) is 1. The van der Waals surface area contributed by atoms with Gasteiger partial charge in [0.25, 0.3) is 0 Å². The van der Waals surface area contributed by atoms with Gasteiger partial charge in [-0.1, -0.05) is 11.6 Å². The highest BCUT2D eigenvalue weighted by Gasteiger charge is 2.42. The van der Waals surface area contributed by atoms with E-state index in [4.69, 9.17) is 9.84 Å². The van der Waals surface area contributed by atoms with Crippen LogP contribution in [0.3, 0.4) is 0 Å². The van der Waals surface area contributed by atoms with Gasteiger partial charge in [0.2, 0.25) is 0 Å². The molecule has 0 amide bonds. The van der Waals surface area contributed by atoms with Crippen LogP contribution in [0.15, 0.2) is 11.6 Å². The molecule has 2 rings (SSSR count). The lowest BCUT2D eigenvalue weighted by atomic mass is 9.85. The van der Waals surface area contributed by atoms with E-state index in [0.717, 1.165) is 43.8 Å². The Balaban J connectivity index is 1.68. The Morgan fingerprint density at radius 1 is 1.38 bits per heavy atom. The van der Waals surface area contributed by atoms with Gasteiger partial charge in [0, 0.05) is 19.8 Å². The van der Waals surface area contributed by atoms with Crippen molar-refractivity contribution < 1.29 is 9.84 Å². The average molecular weight is 224 g/mol. The summed E-state index contributed by atoms with van der Waals surface area (Å²) in [5.74, 6) is 2.55. The van der Waals surface area contributed by atoms with Gasteiger partial charge in [-0.3, -0.25) is 0 Å². The van der Waals surface area contributed by atoms with Crippen molar-refractivity contribution >= 4 is 0 Å². The lowest BCUT2D eigenvalue weighted by Gasteiger charge is -2.24. The summed E-state index contributed by atoms with van der Waals surface area (Å²) in [7, 11) is 0. The highest BCUT2D eigenvalue weighted by atomic mass is 16.5. The Labute approximate surface area is 98.7 Å². The Kier molecular flexibility index (Phi) is 4.42. The van der Waals surface area contributed by atoms with E-state index in [0.29, 0.717) is 6.61 Å². The van der Waals surface area contributed by atoms with Gasteiger partial charge in [0.1, 0.15) is 0 Å². The minimum Gasteiger partial charge on any atom is -0.396 e. The summed E-state index contributed by atoms with van der Waals surface area (Å²) in [5, 5.41) is 8.67. The normalized spacial score (nSPS) is 35.1. The molecule has 0 saturated heterocycles. The van der Waals surface area contributed by atoms with Gasteiger partial charge < -0.3 is 9.84 Å². The van der Waals surface area contributed by atoms with Crippen molar-refractivity contribution in [1.82, 2.24) is 0 Å². The van der Waals surface area contributed by atoms with Crippen LogP contribution < -0.4 is 0 Å². The molecule has 0 spiro atoms. The molecule has 2 saturated carbocycles. The van der Waals surface area contributed by atoms with Crippen LogP contribution in [0.2, 0.25) is 0 Å². The predicted octanol–water partition coefficient (Wildman–Crippen LogP) is 2.77. The first-order valence-corrected chi connectivity index (χ1v) is 6.68. The lowest BCUT2D eigenvalue weighted by Crippen LogP contribution is -2.19. The number of allylic oxidation sites excluding steroid dienone is 2. The van der Waals surface area contributed by atoms with Crippen molar-refractivity contribution in [2.45, 2.75) is 39.0 Å². The average Bonchev–Trinajstić information content (AvgIpc) is 2.87. The van der Waals surface area contributed by atoms with Crippen LogP contribution in [0, 0.1) is 17.8 Å². The van der Waals surface area contributed by atoms with Gasteiger partial charge >= 0.3 is 0 Å². The second-order valence-corrected chi connectivity index (χ2v) is 5.28. The molecule has 0 heterocycles. The Morgan fingerprint density at radius 3 is 2.94 bits per heavy atom. The summed E-state index contributed by atoms with van der Waals surface area (Å²) in [6.45, 7) is 4.22. The molecule has 2 nitrogen and oxygen atoms in total. The van der Waals surface area contributed by atoms with Crippen LogP contribution in [-0.2, 0) is 4.74 Å². The fourth-order valence-corrected chi connectivity index (χ4v) is 3.41. The first-order chi connectivity index (χ1) is 7.85. The zero-order valence-electron chi connectivity index (χ0n) is 10.3. The number of fused-ring (bicyclic) bond motifs is 2. The lowest BCUT2D eigenvalue weighted by molar-refractivity contribution is 0.0812. The Bertz CT molecular complexity index is 247. The van der Waals surface area contributed by atoms with Gasteiger partial charge in [-0.15, -0.1) is 0 Å². The van der Waals surface area contributed by atoms with E-state index in [1.54, 1.807) is 5.57 Å². The third-order valence-corrected chi connectivity index (χ3v) is 4.19. The molecule has 2 aliphatic rings. The molecule has 2 heteroatoms. The molecule has 3 atom stereocenters. The highest BCUT2D eigenvalue weighted by molar-refractivity contribution is 5.18. The monoisotopic (exact) mass is 224 g/mol. The number of aliphatic hydroxyl groups is 1. The maximum absolute atomic E-state index is 8.67. The molecule has 0 aromatic carbocycles. The summed E-state index contributed by atoms with van der Waals surface area (Å²) in [6, 6.07) is 0. The summed E-state index contributed by atoms with van der Waals surface area (Å²) >= 11 is 0. The van der Waals surface area contributed by atoms with Crippen molar-refractivity contribution in [3.63, 3.8) is 0 Å². The van der Waals surface area contributed by atoms with Crippen molar-refractivity contribution in [3.8, 4) is 0 Å². The first kappa shape index (κ1) is 12.1. The molecule has 3 unspecified atom stereocenters. The van der Waals surface area contributed by atoms with Crippen molar-refractivity contribution in [1.29, 1.82) is 0 Å². The van der Waals surface area contributed by atoms with Gasteiger partial charge in [-0.2, -0.15) is 0 Å². The van der Waals surface area contributed by atoms with Gasteiger partial charge in [0.05, 0.1) is 0 Å². The standard InChI is InChI=1S/C14H24O2/c1-2-12-7-11-8-13(14(12)9-11)10-16-6-4-3-5-15/h2,11,13-15H,3-10H2,1H3/b12-2+. The summed E-state index contributed by atoms with van der Waals surface area (Å²) in [6.07, 6.45) is 8.32. The van der Waals surface area contributed by atoms with E-state index in [2.05, 4.69) is 13.0 Å². The molecule has 2 fully saturated rings. The van der Waals surface area contributed by atoms with Crippen LogP contribution in [0.5, 0.6) is 0 Å². The topological polar surface area (TPSA) is 29.5 Å². The smallest absolute Gasteiger partial charge is 0.0500 e. The van der Waals surface area contributed by atoms with E-state index >= 15 is 0 Å². The molecule has 0 aliphatic heterocycles. The van der Waals surface area contributed by atoms with E-state index in [1.807, 2.05) is 0 Å². The zero-order valence-corrected chi connectivity index (χ0v) is 10.3. The van der Waals surface area contributed by atoms with Crippen LogP contribution in [0.1, 0.15) is 39.0 Å². The highest BCUT2D eigenvalue weighted by Crippen LogP contribution is 2.51. The third kappa shape index (κ3) is 2.67. The largest absolute Gasteiger partial charge is 0.396 e. The number of hydrogen-bond acceptors (Lipinski definition) is 2. The second kappa shape index (κ2) is 5.83. The molecule has 0 radical (unpaired) electrons. The summed E-state index contributed by atoms with van der Waals surface area (Å²) in [4.78, 5) is 0. The first-order valence-electron chi connectivity index (χ1n) is 6.68. The van der Waals surface area contributed by atoms with Gasteiger partial charge in [0.15, 0.2) is 0 Å². The van der Waals surface area contributed by atoms with E-state index in [1.165, 1.54) is 19.3 Å². The van der Waals surface area contributed by atoms with Crippen molar-refractivity contribution in [2.24, 2.45) is 17.8 Å². The molecule has 92 valence electrons. The molecular weight excluding hydrogens is 200 g/mol. The fourth-order valence-electron chi connectivity index (χ4n) is 3.41. The maximum Gasteiger partial charge on any atom is 0.0500 e. The molecule has 2 aliphatic carbocycles. The van der Waals surface area contributed by atoms with Crippen LogP contribution in [-0.4, -0.2) is 24.9 Å². The molecular formula is C14H24O2. The molecule has 2 bridgehead atoms. The van der Waals surface area contributed by atoms with Gasteiger partial charge in [-0.05, 0) is 56.8 Å². The van der Waals surface area contributed by atoms with Gasteiger partial charge in [-0.25, -0.2) is 0 Å². The number of hydrogen-bond donors (Lipinski definition) is 1. The van der Waals surface area contributed by atoms with Crippen LogP contribution in [0.25, 0.3) is 0 Å². The number of aliphatic hydroxyl groups excluding tert-OH is 1. The van der Waals surface area contributed by atoms with Crippen LogP contribution in [0.4, 0.5) is 0 Å². The molecule has 1 N–H and O–H groups in total. The summed E-state index contributed by atoms with van der Waals surface area (Å²) < 4.78 is 5.73. The Morgan fingerprint density at radius 2 is 2.25 bits per heavy atom. The zero-order chi connectivity index (χ0) is 11.4. The van der Waals surface area contributed by atoms with Crippen molar-refractivity contribution in [3.05, 3.63) is 11.6 Å². The van der Waals surface area contributed by atoms with E-state index in [-0.39, 0.29) is 0 Å². The third-order valence-electron chi connectivity index (χ3n) is 4.19. The van der Waals surface area contributed by atoms with E-state index in [9.17, 15) is 0 Å². The van der Waals surface area contributed by atoms with Crippen LogP contribution >= 0.6 is 0 Å². The fraction of sp³-hybridized carbons (Fsp3) is 0.857. The Hall–Kier alpha value is -0.340. The predicted molar refractivity (Wildman–Crippen MR) is 65.2 cm³/mol. The SMILES string of the molecule is C/C=C1\CC2CC(COCCCCO)C1C2.